The van der Waals surface area contributed by atoms with Crippen LogP contribution in [0.4, 0.5) is 11.6 Å². The fourth-order valence-electron chi connectivity index (χ4n) is 3.78. The van der Waals surface area contributed by atoms with Gasteiger partial charge in [0.15, 0.2) is 16.9 Å². The Kier molecular flexibility index (Phi) is 6.16. The van der Waals surface area contributed by atoms with Crippen molar-refractivity contribution in [3.63, 3.8) is 0 Å². The van der Waals surface area contributed by atoms with Gasteiger partial charge in [-0.3, -0.25) is 18.9 Å². The number of aromatic amines is 2. The quantitative estimate of drug-likeness (QED) is 0.226. The fourth-order valence-corrected chi connectivity index (χ4v) is 4.14. The number of aromatic hydroxyl groups is 1. The first-order chi connectivity index (χ1) is 17.3. The van der Waals surface area contributed by atoms with Crippen molar-refractivity contribution in [2.75, 3.05) is 6.61 Å². The molecule has 184 valence electrons. The number of halogens is 1. The van der Waals surface area contributed by atoms with Crippen molar-refractivity contribution in [1.82, 2.24) is 24.1 Å². The third-order valence-corrected chi connectivity index (χ3v) is 6.01. The van der Waals surface area contributed by atoms with Crippen molar-refractivity contribution in [1.29, 1.82) is 0 Å². The molecular weight excluding hydrogens is 534 g/mol. The van der Waals surface area contributed by atoms with E-state index in [2.05, 4.69) is 41.1 Å². The first-order valence-electron chi connectivity index (χ1n) is 10.8. The van der Waals surface area contributed by atoms with Crippen LogP contribution in [-0.4, -0.2) is 47.0 Å². The van der Waals surface area contributed by atoms with Crippen molar-refractivity contribution < 1.29 is 14.9 Å². The van der Waals surface area contributed by atoms with E-state index in [9.17, 15) is 19.8 Å². The van der Waals surface area contributed by atoms with E-state index >= 15 is 0 Å². The van der Waals surface area contributed by atoms with Crippen molar-refractivity contribution in [3.8, 4) is 11.6 Å². The number of nitrogens with one attached hydrogen (secondary N) is 2. The number of rotatable bonds is 7. The monoisotopic (exact) mass is 553 g/mol. The summed E-state index contributed by atoms with van der Waals surface area (Å²) in [5, 5.41) is 30.0. The number of benzene rings is 2. The lowest BCUT2D eigenvalue weighted by atomic mass is 10.2. The summed E-state index contributed by atoms with van der Waals surface area (Å²) in [6.45, 7) is -0.189. The molecule has 0 saturated heterocycles. The molecule has 0 amide bonds. The Hall–Kier alpha value is -4.23. The molecule has 0 saturated carbocycles. The van der Waals surface area contributed by atoms with Gasteiger partial charge in [-0.1, -0.05) is 34.1 Å². The number of hydrogen-bond donors (Lipinski definition) is 4. The summed E-state index contributed by atoms with van der Waals surface area (Å²) >= 11 is 3.39. The Morgan fingerprint density at radius 1 is 1.14 bits per heavy atom. The molecule has 5 rings (SSSR count). The zero-order chi connectivity index (χ0) is 25.4. The highest BCUT2D eigenvalue weighted by Crippen LogP contribution is 2.37. The van der Waals surface area contributed by atoms with Crippen LogP contribution in [0.5, 0.6) is 11.6 Å². The molecule has 0 aliphatic rings. The van der Waals surface area contributed by atoms with Crippen molar-refractivity contribution in [2.24, 2.45) is 17.3 Å². The summed E-state index contributed by atoms with van der Waals surface area (Å²) < 4.78 is 8.92. The zero-order valence-electron chi connectivity index (χ0n) is 18.8. The first kappa shape index (κ1) is 23.5. The Labute approximate surface area is 210 Å². The SMILES string of the molecule is Cn1c(=O)[nH]c(=O)c2c1nc(N=Nc1c(O)[nH]c3ccc(Br)cc13)n2C[C@H](O)COc1ccccc1. The smallest absolute Gasteiger partial charge is 0.329 e. The number of aliphatic hydroxyl groups excluding tert-OH is 1. The molecule has 2 aromatic carbocycles. The summed E-state index contributed by atoms with van der Waals surface area (Å²) in [5.74, 6) is 0.337. The second-order valence-corrected chi connectivity index (χ2v) is 8.92. The molecule has 36 heavy (non-hydrogen) atoms. The number of para-hydroxylation sites is 1. The van der Waals surface area contributed by atoms with Crippen LogP contribution in [0.3, 0.4) is 0 Å². The van der Waals surface area contributed by atoms with Gasteiger partial charge in [-0.05, 0) is 30.3 Å². The molecule has 0 spiro atoms. The molecule has 13 heteroatoms. The Morgan fingerprint density at radius 2 is 1.92 bits per heavy atom. The minimum Gasteiger partial charge on any atom is -0.493 e. The van der Waals surface area contributed by atoms with Crippen LogP contribution in [0.25, 0.3) is 22.1 Å². The molecule has 0 aliphatic heterocycles. The van der Waals surface area contributed by atoms with Crippen LogP contribution in [-0.2, 0) is 13.6 Å². The summed E-state index contributed by atoms with van der Waals surface area (Å²) in [6.07, 6.45) is -1.05. The van der Waals surface area contributed by atoms with Crippen molar-refractivity contribution in [2.45, 2.75) is 12.6 Å². The van der Waals surface area contributed by atoms with Crippen LogP contribution < -0.4 is 16.0 Å². The number of aliphatic hydroxyl groups is 1. The normalized spacial score (nSPS) is 12.6. The highest BCUT2D eigenvalue weighted by Gasteiger charge is 2.20. The predicted octanol–water partition coefficient (Wildman–Crippen LogP) is 3.23. The lowest BCUT2D eigenvalue weighted by molar-refractivity contribution is 0.0937. The number of H-pyrrole nitrogens is 2. The fraction of sp³-hybridized carbons (Fsp3) is 0.174. The highest BCUT2D eigenvalue weighted by atomic mass is 79.9. The number of fused-ring (bicyclic) bond motifs is 2. The van der Waals surface area contributed by atoms with Gasteiger partial charge in [0, 0.05) is 16.9 Å². The average molecular weight is 554 g/mol. The Morgan fingerprint density at radius 3 is 2.69 bits per heavy atom. The molecule has 4 N–H and O–H groups in total. The van der Waals surface area contributed by atoms with E-state index in [1.807, 2.05) is 24.3 Å². The number of aromatic nitrogens is 5. The van der Waals surface area contributed by atoms with Gasteiger partial charge in [0.1, 0.15) is 18.5 Å². The molecule has 0 aliphatic carbocycles. The lowest BCUT2D eigenvalue weighted by Gasteiger charge is -2.14. The van der Waals surface area contributed by atoms with Crippen LogP contribution in [0.15, 0.2) is 72.8 Å². The van der Waals surface area contributed by atoms with Gasteiger partial charge in [0.25, 0.3) is 11.5 Å². The summed E-state index contributed by atoms with van der Waals surface area (Å²) in [7, 11) is 1.46. The lowest BCUT2D eigenvalue weighted by Crippen LogP contribution is -2.30. The van der Waals surface area contributed by atoms with Crippen LogP contribution >= 0.6 is 15.9 Å². The molecule has 0 fully saturated rings. The van der Waals surface area contributed by atoms with Gasteiger partial charge in [0.05, 0.1) is 12.1 Å². The largest absolute Gasteiger partial charge is 0.493 e. The van der Waals surface area contributed by atoms with Gasteiger partial charge >= 0.3 is 5.69 Å². The standard InChI is InChI=1S/C23H20BrN7O5/c1-30-19-18(21(34)27-23(30)35)31(10-13(32)11-36-14-5-3-2-4-6-14)22(26-19)29-28-17-15-9-12(24)7-8-16(15)25-20(17)33/h2-9,13,25,32-33H,10-11H2,1H3,(H,27,34,35)/t13-/m0/s1. The minimum absolute atomic E-state index is 0.0377. The summed E-state index contributed by atoms with van der Waals surface area (Å²) in [6, 6.07) is 14.3. The minimum atomic E-state index is -1.05. The maximum atomic E-state index is 12.7. The summed E-state index contributed by atoms with van der Waals surface area (Å²) in [5.41, 5.74) is -0.411. The van der Waals surface area contributed by atoms with Gasteiger partial charge in [-0.25, -0.2) is 4.79 Å². The number of ether oxygens (including phenoxy) is 1. The maximum absolute atomic E-state index is 12.7. The van der Waals surface area contributed by atoms with E-state index in [1.165, 1.54) is 16.2 Å². The number of azo groups is 1. The first-order valence-corrected chi connectivity index (χ1v) is 11.6. The van der Waals surface area contributed by atoms with Crippen molar-refractivity contribution in [3.05, 3.63) is 73.8 Å². The Bertz CT molecular complexity index is 1720. The van der Waals surface area contributed by atoms with E-state index in [0.717, 1.165) is 4.47 Å². The molecule has 3 aromatic heterocycles. The van der Waals surface area contributed by atoms with Crippen LogP contribution in [0, 0.1) is 0 Å². The van der Waals surface area contributed by atoms with E-state index in [4.69, 9.17) is 4.74 Å². The van der Waals surface area contributed by atoms with Crippen molar-refractivity contribution >= 4 is 49.6 Å². The number of hydrogen-bond acceptors (Lipinski definition) is 8. The highest BCUT2D eigenvalue weighted by molar-refractivity contribution is 9.10. The van der Waals surface area contributed by atoms with E-state index in [0.29, 0.717) is 16.7 Å². The molecule has 12 nitrogen and oxygen atoms in total. The zero-order valence-corrected chi connectivity index (χ0v) is 20.4. The molecule has 1 atom stereocenters. The van der Waals surface area contributed by atoms with Gasteiger partial charge in [0.2, 0.25) is 5.88 Å². The third-order valence-electron chi connectivity index (χ3n) is 5.52. The van der Waals surface area contributed by atoms with Gasteiger partial charge in [-0.15, -0.1) is 10.2 Å². The van der Waals surface area contributed by atoms with E-state index in [-0.39, 0.29) is 41.8 Å². The second kappa shape index (κ2) is 9.43. The second-order valence-electron chi connectivity index (χ2n) is 8.00. The van der Waals surface area contributed by atoms with Gasteiger partial charge in [-0.2, -0.15) is 4.98 Å². The molecule has 0 radical (unpaired) electrons. The van der Waals surface area contributed by atoms with Gasteiger partial charge < -0.3 is 19.9 Å². The van der Waals surface area contributed by atoms with Crippen LogP contribution in [0.1, 0.15) is 0 Å². The average Bonchev–Trinajstić information content (AvgIpc) is 3.37. The molecule has 0 unspecified atom stereocenters. The molecule has 5 aromatic rings. The number of imidazole rings is 1. The Balaban J connectivity index is 1.55. The maximum Gasteiger partial charge on any atom is 0.329 e. The van der Waals surface area contributed by atoms with E-state index in [1.54, 1.807) is 24.3 Å². The topological polar surface area (TPSA) is 163 Å². The molecule has 0 bridgehead atoms. The molecular formula is C23H20BrN7O5. The third kappa shape index (κ3) is 4.41. The number of nitrogens with zero attached hydrogens (tertiary/aromatic N) is 5. The number of aryl methyl sites for hydroxylation is 1. The molecule has 3 heterocycles. The predicted molar refractivity (Wildman–Crippen MR) is 135 cm³/mol. The van der Waals surface area contributed by atoms with Crippen LogP contribution in [0.2, 0.25) is 0 Å². The summed E-state index contributed by atoms with van der Waals surface area (Å²) in [4.78, 5) is 34.2. The van der Waals surface area contributed by atoms with E-state index < -0.39 is 17.4 Å².